The predicted octanol–water partition coefficient (Wildman–Crippen LogP) is 2.46. The first-order valence-corrected chi connectivity index (χ1v) is 8.29. The van der Waals surface area contributed by atoms with Gasteiger partial charge in [-0.2, -0.15) is 16.9 Å². The van der Waals surface area contributed by atoms with Gasteiger partial charge >= 0.3 is 5.69 Å². The summed E-state index contributed by atoms with van der Waals surface area (Å²) in [5.41, 5.74) is -0.134. The van der Waals surface area contributed by atoms with Gasteiger partial charge in [-0.05, 0) is 26.0 Å². The summed E-state index contributed by atoms with van der Waals surface area (Å²) in [5, 5.41) is 17.6. The molecule has 0 aromatic carbocycles. The van der Waals surface area contributed by atoms with Crippen molar-refractivity contribution >= 4 is 23.4 Å². The van der Waals surface area contributed by atoms with Crippen molar-refractivity contribution in [3.05, 3.63) is 45.2 Å². The second-order valence-electron chi connectivity index (χ2n) is 5.34. The first kappa shape index (κ1) is 15.6. The fourth-order valence-corrected chi connectivity index (χ4v) is 3.71. The number of carbonyl (C=O) groups is 1. The Labute approximate surface area is 136 Å². The molecule has 1 atom stereocenters. The van der Waals surface area contributed by atoms with Crippen molar-refractivity contribution in [3.63, 3.8) is 0 Å². The van der Waals surface area contributed by atoms with Crippen molar-refractivity contribution in [1.82, 2.24) is 15.1 Å². The Balaban J connectivity index is 1.95. The van der Waals surface area contributed by atoms with Crippen LogP contribution in [-0.4, -0.2) is 44.0 Å². The summed E-state index contributed by atoms with van der Waals surface area (Å²) in [5.74, 6) is 2.48. The quantitative estimate of drug-likeness (QED) is 0.682. The number of aromatic nitrogens is 2. The molecule has 9 heteroatoms. The molecule has 0 spiro atoms. The summed E-state index contributed by atoms with van der Waals surface area (Å²) in [6.45, 7) is 3.87. The van der Waals surface area contributed by atoms with Crippen LogP contribution in [-0.2, 0) is 0 Å². The Hall–Kier alpha value is -2.29. The molecule has 0 radical (unpaired) electrons. The van der Waals surface area contributed by atoms with Gasteiger partial charge in [0.1, 0.15) is 17.2 Å². The topological polar surface area (TPSA) is 105 Å². The molecule has 1 aliphatic heterocycles. The molecular weight excluding hydrogens is 320 g/mol. The third kappa shape index (κ3) is 2.83. The van der Waals surface area contributed by atoms with E-state index in [4.69, 9.17) is 4.42 Å². The van der Waals surface area contributed by atoms with Gasteiger partial charge < -0.3 is 9.32 Å². The second-order valence-corrected chi connectivity index (χ2v) is 6.49. The number of aryl methyl sites for hydroxylation is 2. The van der Waals surface area contributed by atoms with Crippen LogP contribution in [0.2, 0.25) is 0 Å². The van der Waals surface area contributed by atoms with Gasteiger partial charge in [0.25, 0.3) is 5.91 Å². The maximum absolute atomic E-state index is 12.8. The molecule has 0 unspecified atom stereocenters. The Morgan fingerprint density at radius 3 is 2.96 bits per heavy atom. The summed E-state index contributed by atoms with van der Waals surface area (Å²) in [6.07, 6.45) is 0. The Kier molecular flexibility index (Phi) is 4.12. The molecular formula is C14H16N4O4S. The number of rotatable bonds is 3. The highest BCUT2D eigenvalue weighted by molar-refractivity contribution is 7.99. The number of aromatic amines is 1. The third-order valence-electron chi connectivity index (χ3n) is 3.78. The standard InChI is InChI=1S/C14H16N4O4S/c1-8-3-4-11(22-8)10-7-23-6-5-17(10)14(19)12-13(18(20)21)9(2)15-16-12/h3-4,10H,5-7H2,1-2H3,(H,15,16)/t10-/m0/s1. The fourth-order valence-electron chi connectivity index (χ4n) is 2.65. The van der Waals surface area contributed by atoms with Crippen LogP contribution in [0, 0.1) is 24.0 Å². The molecule has 1 fully saturated rings. The van der Waals surface area contributed by atoms with Crippen LogP contribution in [0.25, 0.3) is 0 Å². The lowest BCUT2D eigenvalue weighted by molar-refractivity contribution is -0.385. The van der Waals surface area contributed by atoms with E-state index in [1.54, 1.807) is 16.7 Å². The van der Waals surface area contributed by atoms with Crippen LogP contribution in [0.3, 0.4) is 0 Å². The Morgan fingerprint density at radius 2 is 2.30 bits per heavy atom. The van der Waals surface area contributed by atoms with Gasteiger partial charge in [0, 0.05) is 18.1 Å². The van der Waals surface area contributed by atoms with Crippen LogP contribution in [0.4, 0.5) is 5.69 Å². The molecule has 0 aliphatic carbocycles. The van der Waals surface area contributed by atoms with Gasteiger partial charge in [0.2, 0.25) is 5.69 Å². The Morgan fingerprint density at radius 1 is 1.52 bits per heavy atom. The molecule has 2 aromatic heterocycles. The lowest BCUT2D eigenvalue weighted by Crippen LogP contribution is -2.41. The maximum Gasteiger partial charge on any atom is 0.322 e. The van der Waals surface area contributed by atoms with Crippen molar-refractivity contribution in [2.75, 3.05) is 18.1 Å². The zero-order valence-electron chi connectivity index (χ0n) is 12.7. The lowest BCUT2D eigenvalue weighted by Gasteiger charge is -2.33. The number of H-pyrrole nitrogens is 1. The number of nitro groups is 1. The van der Waals surface area contributed by atoms with E-state index in [0.717, 1.165) is 11.5 Å². The van der Waals surface area contributed by atoms with Crippen LogP contribution < -0.4 is 0 Å². The molecule has 8 nitrogen and oxygen atoms in total. The molecule has 0 saturated carbocycles. The molecule has 1 saturated heterocycles. The molecule has 1 aliphatic rings. The van der Waals surface area contributed by atoms with Crippen LogP contribution in [0.1, 0.15) is 33.7 Å². The van der Waals surface area contributed by atoms with Gasteiger partial charge in [-0.3, -0.25) is 20.0 Å². The monoisotopic (exact) mass is 336 g/mol. The van der Waals surface area contributed by atoms with Gasteiger partial charge in [0.05, 0.1) is 11.0 Å². The molecule has 0 bridgehead atoms. The zero-order valence-corrected chi connectivity index (χ0v) is 13.6. The number of amides is 1. The minimum atomic E-state index is -0.573. The zero-order chi connectivity index (χ0) is 16.6. The normalized spacial score (nSPS) is 18.2. The number of thioether (sulfide) groups is 1. The summed E-state index contributed by atoms with van der Waals surface area (Å²) in [6, 6.07) is 3.45. The SMILES string of the molecule is Cc1ccc([C@@H]2CSCCN2C(=O)c2n[nH]c(C)c2[N+](=O)[O-])o1. The molecule has 1 amide bonds. The highest BCUT2D eigenvalue weighted by atomic mass is 32.2. The van der Waals surface area contributed by atoms with Crippen molar-refractivity contribution in [2.24, 2.45) is 0 Å². The van der Waals surface area contributed by atoms with E-state index in [1.807, 2.05) is 19.1 Å². The van der Waals surface area contributed by atoms with Gasteiger partial charge in [0.15, 0.2) is 0 Å². The smallest absolute Gasteiger partial charge is 0.322 e. The van der Waals surface area contributed by atoms with Crippen molar-refractivity contribution in [1.29, 1.82) is 0 Å². The van der Waals surface area contributed by atoms with E-state index in [9.17, 15) is 14.9 Å². The van der Waals surface area contributed by atoms with E-state index in [1.165, 1.54) is 6.92 Å². The summed E-state index contributed by atoms with van der Waals surface area (Å²) >= 11 is 1.72. The van der Waals surface area contributed by atoms with Crippen molar-refractivity contribution in [3.8, 4) is 0 Å². The largest absolute Gasteiger partial charge is 0.464 e. The number of furan rings is 1. The van der Waals surface area contributed by atoms with Gasteiger partial charge in [-0.25, -0.2) is 0 Å². The molecule has 2 aromatic rings. The number of carbonyl (C=O) groups excluding carboxylic acids is 1. The average Bonchev–Trinajstić information content (AvgIpc) is 3.12. The first-order valence-electron chi connectivity index (χ1n) is 7.13. The van der Waals surface area contributed by atoms with E-state index in [2.05, 4.69) is 10.2 Å². The van der Waals surface area contributed by atoms with Gasteiger partial charge in [-0.1, -0.05) is 0 Å². The van der Waals surface area contributed by atoms with Crippen molar-refractivity contribution < 1.29 is 14.1 Å². The van der Waals surface area contributed by atoms with Crippen molar-refractivity contribution in [2.45, 2.75) is 19.9 Å². The molecule has 23 heavy (non-hydrogen) atoms. The fraction of sp³-hybridized carbons (Fsp3) is 0.429. The first-order chi connectivity index (χ1) is 11.0. The predicted molar refractivity (Wildman–Crippen MR) is 84.5 cm³/mol. The average molecular weight is 336 g/mol. The van der Waals surface area contributed by atoms with E-state index in [0.29, 0.717) is 18.1 Å². The van der Waals surface area contributed by atoms with E-state index >= 15 is 0 Å². The number of hydrogen-bond donors (Lipinski definition) is 1. The second kappa shape index (κ2) is 6.07. The molecule has 122 valence electrons. The molecule has 3 rings (SSSR count). The van der Waals surface area contributed by atoms with E-state index in [-0.39, 0.29) is 23.1 Å². The number of nitrogens with one attached hydrogen (secondary N) is 1. The highest BCUT2D eigenvalue weighted by Gasteiger charge is 2.36. The lowest BCUT2D eigenvalue weighted by atomic mass is 10.2. The summed E-state index contributed by atoms with van der Waals surface area (Å²) in [7, 11) is 0. The van der Waals surface area contributed by atoms with Crippen LogP contribution >= 0.6 is 11.8 Å². The van der Waals surface area contributed by atoms with E-state index < -0.39 is 10.8 Å². The Bertz CT molecular complexity index is 754. The summed E-state index contributed by atoms with van der Waals surface area (Å²) < 4.78 is 5.65. The molecule has 3 heterocycles. The minimum Gasteiger partial charge on any atom is -0.464 e. The van der Waals surface area contributed by atoms with Gasteiger partial charge in [-0.15, -0.1) is 0 Å². The minimum absolute atomic E-state index is 0.146. The summed E-state index contributed by atoms with van der Waals surface area (Å²) in [4.78, 5) is 25.1. The van der Waals surface area contributed by atoms with Crippen LogP contribution in [0.5, 0.6) is 0 Å². The van der Waals surface area contributed by atoms with Crippen LogP contribution in [0.15, 0.2) is 16.5 Å². The number of nitrogens with zero attached hydrogens (tertiary/aromatic N) is 3. The molecule has 1 N–H and O–H groups in total. The highest BCUT2D eigenvalue weighted by Crippen LogP contribution is 2.33. The maximum atomic E-state index is 12.8. The third-order valence-corrected chi connectivity index (χ3v) is 4.80. The number of hydrogen-bond acceptors (Lipinski definition) is 6.